The number of hydrogen-bond donors (Lipinski definition) is 1. The van der Waals surface area contributed by atoms with Gasteiger partial charge in [-0.1, -0.05) is 6.07 Å². The quantitative estimate of drug-likeness (QED) is 0.924. The van der Waals surface area contributed by atoms with E-state index in [-0.39, 0.29) is 11.6 Å². The highest BCUT2D eigenvalue weighted by molar-refractivity contribution is 5.39. The molecule has 2 atom stereocenters. The fraction of sp³-hybridized carbons (Fsp3) is 0.474. The molecular formula is C19H22N4O2. The van der Waals surface area contributed by atoms with Crippen molar-refractivity contribution in [1.29, 1.82) is 5.26 Å². The van der Waals surface area contributed by atoms with Gasteiger partial charge in [-0.3, -0.25) is 4.90 Å². The van der Waals surface area contributed by atoms with Crippen LogP contribution in [0.15, 0.2) is 41.2 Å². The summed E-state index contributed by atoms with van der Waals surface area (Å²) in [7, 11) is 0. The Morgan fingerprint density at radius 2 is 2.36 bits per heavy atom. The normalized spacial score (nSPS) is 26.6. The van der Waals surface area contributed by atoms with Crippen molar-refractivity contribution in [2.75, 3.05) is 25.0 Å². The Morgan fingerprint density at radius 3 is 3.20 bits per heavy atom. The van der Waals surface area contributed by atoms with E-state index in [1.54, 1.807) is 12.3 Å². The Labute approximate surface area is 147 Å². The molecule has 2 saturated heterocycles. The first-order chi connectivity index (χ1) is 12.2. The first kappa shape index (κ1) is 16.1. The van der Waals surface area contributed by atoms with Crippen LogP contribution in [0.3, 0.4) is 0 Å². The lowest BCUT2D eigenvalue weighted by molar-refractivity contribution is -0.0533. The maximum Gasteiger partial charge on any atom is 0.142 e. The lowest BCUT2D eigenvalue weighted by atomic mass is 9.88. The number of aromatic nitrogens is 1. The number of pyridine rings is 1. The topological polar surface area (TPSA) is 74.3 Å². The fourth-order valence-electron chi connectivity index (χ4n) is 3.97. The van der Waals surface area contributed by atoms with Gasteiger partial charge in [-0.15, -0.1) is 0 Å². The molecule has 0 radical (unpaired) electrons. The number of furan rings is 1. The third-order valence-electron chi connectivity index (χ3n) is 5.03. The second-order valence-corrected chi connectivity index (χ2v) is 7.01. The van der Waals surface area contributed by atoms with Gasteiger partial charge in [0.05, 0.1) is 30.8 Å². The molecule has 4 heterocycles. The van der Waals surface area contributed by atoms with Crippen LogP contribution in [-0.4, -0.2) is 41.2 Å². The van der Waals surface area contributed by atoms with Crippen LogP contribution in [0.25, 0.3) is 0 Å². The monoisotopic (exact) mass is 338 g/mol. The summed E-state index contributed by atoms with van der Waals surface area (Å²) in [6, 6.07) is 9.80. The zero-order valence-corrected chi connectivity index (χ0v) is 14.1. The first-order valence-corrected chi connectivity index (χ1v) is 8.76. The average Bonchev–Trinajstić information content (AvgIpc) is 3.26. The maximum absolute atomic E-state index is 8.98. The molecular weight excluding hydrogens is 316 g/mol. The highest BCUT2D eigenvalue weighted by atomic mass is 16.5. The molecule has 6 nitrogen and oxygen atoms in total. The van der Waals surface area contributed by atoms with E-state index in [0.29, 0.717) is 12.3 Å². The number of ether oxygens (including phenoxy) is 1. The molecule has 0 aliphatic carbocycles. The molecule has 2 fully saturated rings. The number of hydrogen-bond acceptors (Lipinski definition) is 6. The molecule has 2 aromatic rings. The van der Waals surface area contributed by atoms with Gasteiger partial charge in [0.1, 0.15) is 17.6 Å². The van der Waals surface area contributed by atoms with Gasteiger partial charge in [0.2, 0.25) is 0 Å². The molecule has 0 amide bonds. The molecule has 0 saturated carbocycles. The van der Waals surface area contributed by atoms with Crippen LogP contribution >= 0.6 is 0 Å². The van der Waals surface area contributed by atoms with E-state index < -0.39 is 0 Å². The summed E-state index contributed by atoms with van der Waals surface area (Å²) in [5.41, 5.74) is 1.57. The summed E-state index contributed by atoms with van der Waals surface area (Å²) in [5, 5.41) is 12.4. The third-order valence-corrected chi connectivity index (χ3v) is 5.03. The van der Waals surface area contributed by atoms with Crippen LogP contribution in [0.5, 0.6) is 0 Å². The first-order valence-electron chi connectivity index (χ1n) is 8.76. The Balaban J connectivity index is 1.38. The number of anilines is 1. The Hall–Kier alpha value is -2.36. The molecule has 0 aromatic carbocycles. The van der Waals surface area contributed by atoms with E-state index in [9.17, 15) is 0 Å². The molecule has 2 aliphatic rings. The minimum Gasteiger partial charge on any atom is -0.472 e. The van der Waals surface area contributed by atoms with Crippen molar-refractivity contribution in [3.05, 3.63) is 48.0 Å². The Kier molecular flexibility index (Phi) is 4.43. The zero-order chi connectivity index (χ0) is 17.1. The largest absolute Gasteiger partial charge is 0.472 e. The summed E-state index contributed by atoms with van der Waals surface area (Å²) in [4.78, 5) is 6.75. The van der Waals surface area contributed by atoms with Gasteiger partial charge < -0.3 is 14.5 Å². The molecule has 25 heavy (non-hydrogen) atoms. The second kappa shape index (κ2) is 6.87. The van der Waals surface area contributed by atoms with Crippen LogP contribution in [0.4, 0.5) is 5.82 Å². The van der Waals surface area contributed by atoms with Crippen molar-refractivity contribution in [1.82, 2.24) is 9.88 Å². The van der Waals surface area contributed by atoms with E-state index in [1.165, 1.54) is 5.56 Å². The lowest BCUT2D eigenvalue weighted by Crippen LogP contribution is -2.47. The van der Waals surface area contributed by atoms with Crippen LogP contribution in [0.2, 0.25) is 0 Å². The highest BCUT2D eigenvalue weighted by Gasteiger charge is 2.43. The van der Waals surface area contributed by atoms with Gasteiger partial charge in [0.15, 0.2) is 0 Å². The van der Waals surface area contributed by atoms with Crippen LogP contribution in [0, 0.1) is 11.3 Å². The maximum atomic E-state index is 8.98. The summed E-state index contributed by atoms with van der Waals surface area (Å²) in [6.45, 7) is 3.63. The van der Waals surface area contributed by atoms with Crippen LogP contribution in [-0.2, 0) is 11.3 Å². The summed E-state index contributed by atoms with van der Waals surface area (Å²) in [6.07, 6.45) is 6.75. The van der Waals surface area contributed by atoms with Crippen molar-refractivity contribution >= 4 is 5.82 Å². The van der Waals surface area contributed by atoms with Crippen LogP contribution < -0.4 is 5.32 Å². The van der Waals surface area contributed by atoms with Crippen molar-refractivity contribution in [3.63, 3.8) is 0 Å². The number of likely N-dealkylation sites (tertiary alicyclic amines) is 1. The van der Waals surface area contributed by atoms with Gasteiger partial charge in [0.25, 0.3) is 0 Å². The minimum atomic E-state index is -0.0769. The number of piperidine rings is 1. The van der Waals surface area contributed by atoms with Gasteiger partial charge in [-0.05, 0) is 37.6 Å². The summed E-state index contributed by atoms with van der Waals surface area (Å²) in [5.74, 6) is 0.746. The number of nitriles is 1. The smallest absolute Gasteiger partial charge is 0.142 e. The predicted octanol–water partition coefficient (Wildman–Crippen LogP) is 2.78. The molecule has 6 heteroatoms. The molecule has 2 aromatic heterocycles. The fourth-order valence-corrected chi connectivity index (χ4v) is 3.97. The highest BCUT2D eigenvalue weighted by Crippen LogP contribution is 2.36. The van der Waals surface area contributed by atoms with E-state index in [4.69, 9.17) is 14.4 Å². The summed E-state index contributed by atoms with van der Waals surface area (Å²) < 4.78 is 11.4. The Morgan fingerprint density at radius 1 is 1.40 bits per heavy atom. The second-order valence-electron chi connectivity index (χ2n) is 7.01. The average molecular weight is 338 g/mol. The number of rotatable bonds is 4. The van der Waals surface area contributed by atoms with E-state index in [0.717, 1.165) is 44.7 Å². The van der Waals surface area contributed by atoms with Crippen LogP contribution in [0.1, 0.15) is 30.5 Å². The molecule has 0 bridgehead atoms. The zero-order valence-electron chi connectivity index (χ0n) is 14.1. The van der Waals surface area contributed by atoms with Gasteiger partial charge >= 0.3 is 0 Å². The molecule has 4 rings (SSSR count). The molecule has 2 unspecified atom stereocenters. The van der Waals surface area contributed by atoms with Gasteiger partial charge in [-0.25, -0.2) is 4.98 Å². The standard InChI is InChI=1S/C19H22N4O2/c20-10-16-3-1-4-18(21-16)22-17-9-19(25-13-17)6-2-7-23(14-19)11-15-5-8-24-12-15/h1,3-5,8,12,17H,2,6-7,9,11,13-14H2,(H,21,22). The molecule has 2 aliphatic heterocycles. The predicted molar refractivity (Wildman–Crippen MR) is 92.9 cm³/mol. The van der Waals surface area contributed by atoms with E-state index in [1.807, 2.05) is 24.5 Å². The van der Waals surface area contributed by atoms with Crippen molar-refractivity contribution in [3.8, 4) is 6.07 Å². The molecule has 1 N–H and O–H groups in total. The van der Waals surface area contributed by atoms with Gasteiger partial charge in [-0.2, -0.15) is 5.26 Å². The van der Waals surface area contributed by atoms with Gasteiger partial charge in [0, 0.05) is 25.1 Å². The molecule has 1 spiro atoms. The third kappa shape index (κ3) is 3.68. The summed E-state index contributed by atoms with van der Waals surface area (Å²) >= 11 is 0. The van der Waals surface area contributed by atoms with E-state index in [2.05, 4.69) is 21.3 Å². The SMILES string of the molecule is N#Cc1cccc(NC2COC3(CCCN(Cc4ccoc4)C3)C2)n1. The molecule has 130 valence electrons. The Bertz CT molecular complexity index is 755. The number of nitrogens with one attached hydrogen (secondary N) is 1. The van der Waals surface area contributed by atoms with Crippen molar-refractivity contribution in [2.24, 2.45) is 0 Å². The van der Waals surface area contributed by atoms with Crippen molar-refractivity contribution in [2.45, 2.75) is 37.5 Å². The van der Waals surface area contributed by atoms with Crippen molar-refractivity contribution < 1.29 is 9.15 Å². The minimum absolute atomic E-state index is 0.0769. The van der Waals surface area contributed by atoms with E-state index >= 15 is 0 Å². The lowest BCUT2D eigenvalue weighted by Gasteiger charge is -2.39. The number of nitrogens with zero attached hydrogens (tertiary/aromatic N) is 3.